The molecule has 0 saturated carbocycles. The molecule has 4 heteroatoms. The summed E-state index contributed by atoms with van der Waals surface area (Å²) in [5.41, 5.74) is 0.747. The quantitative estimate of drug-likeness (QED) is 0.695. The van der Waals surface area contributed by atoms with Crippen LogP contribution >= 0.6 is 0 Å². The van der Waals surface area contributed by atoms with Crippen LogP contribution in [0.1, 0.15) is 15.9 Å². The highest BCUT2D eigenvalue weighted by atomic mass is 19.4. The number of rotatable bonds is 0. The highest BCUT2D eigenvalue weighted by molar-refractivity contribution is 6.07. The highest BCUT2D eigenvalue weighted by Gasteiger charge is 2.49. The second kappa shape index (κ2) is 3.57. The van der Waals surface area contributed by atoms with Gasteiger partial charge in [0.2, 0.25) is 0 Å². The second-order valence-electron chi connectivity index (χ2n) is 4.48. The Balaban J connectivity index is 2.20. The maximum atomic E-state index is 12.8. The zero-order valence-electron chi connectivity index (χ0n) is 9.29. The van der Waals surface area contributed by atoms with Crippen LogP contribution in [0.3, 0.4) is 0 Å². The topological polar surface area (TPSA) is 17.1 Å². The van der Waals surface area contributed by atoms with E-state index < -0.39 is 17.9 Å². The van der Waals surface area contributed by atoms with Gasteiger partial charge < -0.3 is 0 Å². The van der Waals surface area contributed by atoms with Gasteiger partial charge in [0, 0.05) is 5.56 Å². The van der Waals surface area contributed by atoms with Gasteiger partial charge in [0.05, 0.1) is 0 Å². The summed E-state index contributed by atoms with van der Waals surface area (Å²) in [5, 5.41) is 1.61. The van der Waals surface area contributed by atoms with E-state index in [1.54, 1.807) is 18.2 Å². The first kappa shape index (κ1) is 11.3. The predicted molar refractivity (Wildman–Crippen MR) is 61.5 cm³/mol. The van der Waals surface area contributed by atoms with Gasteiger partial charge in [0.1, 0.15) is 5.92 Å². The third kappa shape index (κ3) is 1.52. The van der Waals surface area contributed by atoms with Crippen molar-refractivity contribution in [3.63, 3.8) is 0 Å². The summed E-state index contributed by atoms with van der Waals surface area (Å²) in [5.74, 6) is -2.68. The number of alkyl halides is 3. The summed E-state index contributed by atoms with van der Waals surface area (Å²) in [6.07, 6.45) is -4.70. The standard InChI is InChI=1S/C14H9F3O/c15-14(16,17)12-7-11-9-4-2-1-3-8(9)5-6-10(11)13(12)18/h1-6,12H,7H2. The van der Waals surface area contributed by atoms with Crippen LogP contribution < -0.4 is 0 Å². The lowest BCUT2D eigenvalue weighted by molar-refractivity contribution is -0.158. The first-order valence-electron chi connectivity index (χ1n) is 5.60. The van der Waals surface area contributed by atoms with Crippen LogP contribution in [0.2, 0.25) is 0 Å². The average Bonchev–Trinajstić information content (AvgIpc) is 2.67. The number of benzene rings is 2. The second-order valence-corrected chi connectivity index (χ2v) is 4.48. The molecule has 0 fully saturated rings. The van der Waals surface area contributed by atoms with Crippen molar-refractivity contribution in [1.29, 1.82) is 0 Å². The lowest BCUT2D eigenvalue weighted by Crippen LogP contribution is -2.27. The summed E-state index contributed by atoms with van der Waals surface area (Å²) in [4.78, 5) is 11.8. The molecule has 0 saturated heterocycles. The number of Topliss-reactive ketones (excluding diaryl/α,β-unsaturated/α-hetero) is 1. The molecule has 0 radical (unpaired) electrons. The van der Waals surface area contributed by atoms with Gasteiger partial charge >= 0.3 is 6.18 Å². The van der Waals surface area contributed by atoms with Gasteiger partial charge in [-0.05, 0) is 22.8 Å². The number of hydrogen-bond donors (Lipinski definition) is 0. The molecule has 1 atom stereocenters. The van der Waals surface area contributed by atoms with Crippen LogP contribution in [0.4, 0.5) is 13.2 Å². The van der Waals surface area contributed by atoms with Crippen molar-refractivity contribution in [1.82, 2.24) is 0 Å². The Hall–Kier alpha value is -1.84. The van der Waals surface area contributed by atoms with Crippen molar-refractivity contribution in [3.8, 4) is 0 Å². The lowest BCUT2D eigenvalue weighted by Gasteiger charge is -2.11. The van der Waals surface area contributed by atoms with E-state index in [0.29, 0.717) is 5.56 Å². The lowest BCUT2D eigenvalue weighted by atomic mass is 10.0. The van der Waals surface area contributed by atoms with Crippen LogP contribution in [-0.4, -0.2) is 12.0 Å². The summed E-state index contributed by atoms with van der Waals surface area (Å²) >= 11 is 0. The summed E-state index contributed by atoms with van der Waals surface area (Å²) in [7, 11) is 0. The van der Waals surface area contributed by atoms with Crippen LogP contribution in [0.5, 0.6) is 0 Å². The Morgan fingerprint density at radius 3 is 2.50 bits per heavy atom. The third-order valence-corrected chi connectivity index (χ3v) is 3.43. The molecule has 0 heterocycles. The van der Waals surface area contributed by atoms with Gasteiger partial charge in [-0.15, -0.1) is 0 Å². The Kier molecular flexibility index (Phi) is 2.24. The smallest absolute Gasteiger partial charge is 0.293 e. The Bertz CT molecular complexity index is 643. The maximum absolute atomic E-state index is 12.8. The van der Waals surface area contributed by atoms with Crippen molar-refractivity contribution < 1.29 is 18.0 Å². The fraction of sp³-hybridized carbons (Fsp3) is 0.214. The molecular weight excluding hydrogens is 241 g/mol. The summed E-state index contributed by atoms with van der Waals surface area (Å²) in [6, 6.07) is 10.4. The van der Waals surface area contributed by atoms with Gasteiger partial charge in [0.15, 0.2) is 5.78 Å². The SMILES string of the molecule is O=C1c2ccc3ccccc3c2CC1C(F)(F)F. The highest BCUT2D eigenvalue weighted by Crippen LogP contribution is 2.40. The number of carbonyl (C=O) groups is 1. The molecule has 0 spiro atoms. The van der Waals surface area contributed by atoms with Crippen molar-refractivity contribution in [2.75, 3.05) is 0 Å². The van der Waals surface area contributed by atoms with Crippen LogP contribution in [0.15, 0.2) is 36.4 Å². The minimum absolute atomic E-state index is 0.219. The van der Waals surface area contributed by atoms with Gasteiger partial charge in [-0.3, -0.25) is 4.79 Å². The molecule has 0 bridgehead atoms. The average molecular weight is 250 g/mol. The molecule has 0 amide bonds. The fourth-order valence-electron chi connectivity index (χ4n) is 2.54. The van der Waals surface area contributed by atoms with Crippen molar-refractivity contribution in [3.05, 3.63) is 47.5 Å². The van der Waals surface area contributed by atoms with Crippen molar-refractivity contribution >= 4 is 16.6 Å². The van der Waals surface area contributed by atoms with Crippen LogP contribution in [-0.2, 0) is 6.42 Å². The zero-order chi connectivity index (χ0) is 12.9. The molecule has 92 valence electrons. The third-order valence-electron chi connectivity index (χ3n) is 3.43. The molecule has 1 aliphatic carbocycles. The normalized spacial score (nSPS) is 19.3. The zero-order valence-corrected chi connectivity index (χ0v) is 9.29. The monoisotopic (exact) mass is 250 g/mol. The molecule has 1 aliphatic rings. The van der Waals surface area contributed by atoms with E-state index in [0.717, 1.165) is 10.8 Å². The first-order chi connectivity index (χ1) is 8.48. The van der Waals surface area contributed by atoms with Crippen LogP contribution in [0, 0.1) is 5.92 Å². The fourth-order valence-corrected chi connectivity index (χ4v) is 2.54. The molecule has 1 unspecified atom stereocenters. The minimum Gasteiger partial charge on any atom is -0.293 e. The molecular formula is C14H9F3O. The summed E-state index contributed by atoms with van der Waals surface area (Å²) in [6.45, 7) is 0. The Labute approximate surface area is 101 Å². The molecule has 3 rings (SSSR count). The van der Waals surface area contributed by atoms with Gasteiger partial charge in [-0.1, -0.05) is 36.4 Å². The molecule has 18 heavy (non-hydrogen) atoms. The number of carbonyl (C=O) groups excluding carboxylic acids is 1. The van der Waals surface area contributed by atoms with Crippen molar-refractivity contribution in [2.45, 2.75) is 12.6 Å². The van der Waals surface area contributed by atoms with Gasteiger partial charge in [-0.25, -0.2) is 0 Å². The van der Waals surface area contributed by atoms with Gasteiger partial charge in [0.25, 0.3) is 0 Å². The van der Waals surface area contributed by atoms with Crippen molar-refractivity contribution in [2.24, 2.45) is 5.92 Å². The Morgan fingerprint density at radius 1 is 1.06 bits per heavy atom. The molecule has 2 aromatic rings. The number of fused-ring (bicyclic) bond motifs is 3. The van der Waals surface area contributed by atoms with Crippen LogP contribution in [0.25, 0.3) is 10.8 Å². The van der Waals surface area contributed by atoms with E-state index in [1.807, 2.05) is 12.1 Å². The molecule has 0 N–H and O–H groups in total. The van der Waals surface area contributed by atoms with E-state index in [2.05, 4.69) is 0 Å². The first-order valence-corrected chi connectivity index (χ1v) is 5.60. The Morgan fingerprint density at radius 2 is 1.78 bits per heavy atom. The van der Waals surface area contributed by atoms with E-state index in [-0.39, 0.29) is 12.0 Å². The minimum atomic E-state index is -4.46. The van der Waals surface area contributed by atoms with E-state index >= 15 is 0 Å². The molecule has 0 aromatic heterocycles. The molecule has 2 aromatic carbocycles. The maximum Gasteiger partial charge on any atom is 0.399 e. The number of ketones is 1. The van der Waals surface area contributed by atoms with E-state index in [4.69, 9.17) is 0 Å². The summed E-state index contributed by atoms with van der Waals surface area (Å²) < 4.78 is 38.3. The molecule has 0 aliphatic heterocycles. The van der Waals surface area contributed by atoms with E-state index in [1.165, 1.54) is 6.07 Å². The number of halogens is 3. The van der Waals surface area contributed by atoms with Gasteiger partial charge in [-0.2, -0.15) is 13.2 Å². The predicted octanol–water partition coefficient (Wildman–Crippen LogP) is 3.76. The largest absolute Gasteiger partial charge is 0.399 e. The molecule has 1 nitrogen and oxygen atoms in total. The van der Waals surface area contributed by atoms with E-state index in [9.17, 15) is 18.0 Å². The number of hydrogen-bond acceptors (Lipinski definition) is 1.